The van der Waals surface area contributed by atoms with Gasteiger partial charge < -0.3 is 5.73 Å². The largest absolute Gasteiger partial charge is 0.366 e. The van der Waals surface area contributed by atoms with Crippen LogP contribution in [0, 0.1) is 0 Å². The summed E-state index contributed by atoms with van der Waals surface area (Å²) in [6.07, 6.45) is 0. The number of carbonyl (C=O) groups excluding carboxylic acids is 1. The van der Waals surface area contributed by atoms with E-state index >= 15 is 0 Å². The van der Waals surface area contributed by atoms with Crippen LogP contribution in [0.3, 0.4) is 0 Å². The minimum Gasteiger partial charge on any atom is -0.366 e. The van der Waals surface area contributed by atoms with E-state index in [4.69, 9.17) is 40.5 Å². The van der Waals surface area contributed by atoms with Crippen molar-refractivity contribution in [1.82, 2.24) is 0 Å². The molecule has 1 rings (SSSR count). The average molecular weight is 261 g/mol. The average Bonchev–Trinajstić information content (AvgIpc) is 1.82. The molecule has 1 amide bonds. The number of hydrogen-bond acceptors (Lipinski definition) is 1. The van der Waals surface area contributed by atoms with E-state index in [9.17, 15) is 4.79 Å². The smallest absolute Gasteiger partial charge is 0.251 e. The quantitative estimate of drug-likeness (QED) is 0.828. The Bertz CT molecular complexity index is 316. The third-order valence-corrected chi connectivity index (χ3v) is 2.07. The number of primary amides is 1. The van der Waals surface area contributed by atoms with E-state index in [1.165, 1.54) is 12.1 Å². The van der Waals surface area contributed by atoms with Crippen LogP contribution in [-0.2, 0) is 0 Å². The second kappa shape index (κ2) is 4.91. The van der Waals surface area contributed by atoms with Crippen LogP contribution < -0.4 is 5.73 Å². The second-order valence-electron chi connectivity index (χ2n) is 2.11. The predicted molar refractivity (Wildman–Crippen MR) is 57.2 cm³/mol. The molecule has 1 aromatic carbocycles. The van der Waals surface area contributed by atoms with Crippen LogP contribution in [0.4, 0.5) is 0 Å². The monoisotopic (exact) mass is 259 g/mol. The molecule has 0 spiro atoms. The lowest BCUT2D eigenvalue weighted by molar-refractivity contribution is 0.100. The van der Waals surface area contributed by atoms with Gasteiger partial charge in [-0.05, 0) is 12.1 Å². The third-order valence-electron chi connectivity index (χ3n) is 1.25. The maximum Gasteiger partial charge on any atom is 0.251 e. The Kier molecular flexibility index (Phi) is 4.86. The van der Waals surface area contributed by atoms with E-state index in [0.29, 0.717) is 5.02 Å². The maximum absolute atomic E-state index is 10.8. The lowest BCUT2D eigenvalue weighted by atomic mass is 10.2. The van der Waals surface area contributed by atoms with Gasteiger partial charge >= 0.3 is 0 Å². The predicted octanol–water partition coefficient (Wildman–Crippen LogP) is 3.17. The van der Waals surface area contributed by atoms with Crippen molar-refractivity contribution in [3.05, 3.63) is 32.8 Å². The maximum atomic E-state index is 10.8. The topological polar surface area (TPSA) is 43.1 Å². The summed E-state index contributed by atoms with van der Waals surface area (Å²) >= 11 is 16.9. The molecule has 13 heavy (non-hydrogen) atoms. The molecule has 0 radical (unpaired) electrons. The van der Waals surface area contributed by atoms with Gasteiger partial charge in [0.2, 0.25) is 0 Å². The molecule has 0 atom stereocenters. The molecule has 0 saturated heterocycles. The van der Waals surface area contributed by atoms with Crippen molar-refractivity contribution in [3.63, 3.8) is 0 Å². The van der Waals surface area contributed by atoms with Crippen molar-refractivity contribution in [2.75, 3.05) is 0 Å². The van der Waals surface area contributed by atoms with Crippen LogP contribution in [-0.4, -0.2) is 5.91 Å². The lowest BCUT2D eigenvalue weighted by Crippen LogP contribution is -2.12. The first-order chi connectivity index (χ1) is 5.52. The second-order valence-corrected chi connectivity index (χ2v) is 3.36. The molecule has 0 fully saturated rings. The van der Waals surface area contributed by atoms with Crippen LogP contribution in [0.25, 0.3) is 0 Å². The van der Waals surface area contributed by atoms with Crippen LogP contribution in [0.5, 0.6) is 0 Å². The molecule has 0 unspecified atom stereocenters. The Morgan fingerprint density at radius 2 is 1.54 bits per heavy atom. The Morgan fingerprint density at radius 1 is 1.15 bits per heavy atom. The molecule has 0 bridgehead atoms. The van der Waals surface area contributed by atoms with Crippen molar-refractivity contribution in [2.24, 2.45) is 5.73 Å². The molecule has 6 heteroatoms. The zero-order valence-corrected chi connectivity index (χ0v) is 9.27. The molecule has 0 aliphatic heterocycles. The van der Waals surface area contributed by atoms with Gasteiger partial charge in [0.15, 0.2) is 0 Å². The van der Waals surface area contributed by atoms with Gasteiger partial charge in [0.05, 0.1) is 15.6 Å². The first kappa shape index (κ1) is 12.8. The Morgan fingerprint density at radius 3 is 1.85 bits per heavy atom. The van der Waals surface area contributed by atoms with Crippen LogP contribution in [0.15, 0.2) is 12.1 Å². The van der Waals surface area contributed by atoms with Crippen LogP contribution >= 0.6 is 47.2 Å². The highest BCUT2D eigenvalue weighted by atomic mass is 35.5. The number of benzene rings is 1. The molecule has 2 N–H and O–H groups in total. The zero-order chi connectivity index (χ0) is 9.30. The van der Waals surface area contributed by atoms with Gasteiger partial charge in [-0.1, -0.05) is 34.8 Å². The summed E-state index contributed by atoms with van der Waals surface area (Å²) in [5, 5.41) is 0.704. The van der Waals surface area contributed by atoms with E-state index < -0.39 is 5.91 Å². The van der Waals surface area contributed by atoms with Crippen molar-refractivity contribution >= 4 is 53.1 Å². The van der Waals surface area contributed by atoms with Crippen molar-refractivity contribution in [2.45, 2.75) is 0 Å². The molecule has 1 aromatic rings. The molecule has 0 saturated carbocycles. The number of hydrogen-bond donors (Lipinski definition) is 1. The highest BCUT2D eigenvalue weighted by Crippen LogP contribution is 2.28. The van der Waals surface area contributed by atoms with Gasteiger partial charge in [-0.25, -0.2) is 0 Å². The summed E-state index contributed by atoms with van der Waals surface area (Å²) in [5.74, 6) is -0.665. The van der Waals surface area contributed by atoms with Crippen LogP contribution in [0.2, 0.25) is 15.1 Å². The number of halogens is 4. The van der Waals surface area contributed by atoms with Gasteiger partial charge in [-0.3, -0.25) is 4.79 Å². The van der Waals surface area contributed by atoms with Crippen LogP contribution in [0.1, 0.15) is 10.4 Å². The van der Waals surface area contributed by atoms with E-state index in [2.05, 4.69) is 0 Å². The number of amides is 1. The zero-order valence-electron chi connectivity index (χ0n) is 6.18. The van der Waals surface area contributed by atoms with Crippen molar-refractivity contribution < 1.29 is 4.79 Å². The molecule has 0 aliphatic carbocycles. The van der Waals surface area contributed by atoms with Crippen molar-refractivity contribution in [1.29, 1.82) is 0 Å². The summed E-state index contributed by atoms with van der Waals surface area (Å²) in [6.45, 7) is 0. The highest BCUT2D eigenvalue weighted by Gasteiger charge is 2.12. The third kappa shape index (κ3) is 2.92. The number of rotatable bonds is 1. The minimum absolute atomic E-state index is 0. The fourth-order valence-electron chi connectivity index (χ4n) is 0.778. The first-order valence-electron chi connectivity index (χ1n) is 2.96. The Labute approximate surface area is 96.4 Å². The molecule has 2 nitrogen and oxygen atoms in total. The molecule has 0 aromatic heterocycles. The summed E-state index contributed by atoms with van der Waals surface area (Å²) in [4.78, 5) is 10.8. The molecular weight excluding hydrogens is 256 g/mol. The summed E-state index contributed by atoms with van der Waals surface area (Å²) in [7, 11) is 0. The molecule has 0 heterocycles. The fourth-order valence-corrected chi connectivity index (χ4v) is 1.78. The normalized spacial score (nSPS) is 9.15. The SMILES string of the molecule is Cl.NC(=O)c1c(Cl)cc(Cl)cc1Cl. The Hall–Kier alpha value is -0.150. The summed E-state index contributed by atoms with van der Waals surface area (Å²) < 4.78 is 0. The van der Waals surface area contributed by atoms with E-state index in [0.717, 1.165) is 0 Å². The standard InChI is InChI=1S/C7H4Cl3NO.ClH/c8-3-1-4(9)6(7(11)12)5(10)2-3;/h1-2H,(H2,11,12);1H. The van der Waals surface area contributed by atoms with E-state index in [1.807, 2.05) is 0 Å². The number of nitrogens with two attached hydrogens (primary N) is 1. The van der Waals surface area contributed by atoms with Gasteiger partial charge in [-0.2, -0.15) is 0 Å². The van der Waals surface area contributed by atoms with E-state index in [-0.39, 0.29) is 28.0 Å². The van der Waals surface area contributed by atoms with Gasteiger partial charge in [-0.15, -0.1) is 12.4 Å². The van der Waals surface area contributed by atoms with Gasteiger partial charge in [0, 0.05) is 5.02 Å². The Balaban J connectivity index is 0.00000144. The summed E-state index contributed by atoms with van der Waals surface area (Å²) in [5.41, 5.74) is 5.11. The van der Waals surface area contributed by atoms with E-state index in [1.54, 1.807) is 0 Å². The minimum atomic E-state index is -0.665. The highest BCUT2D eigenvalue weighted by molar-refractivity contribution is 6.42. The summed E-state index contributed by atoms with van der Waals surface area (Å²) in [6, 6.07) is 2.82. The fraction of sp³-hybridized carbons (Fsp3) is 0. The number of carbonyl (C=O) groups is 1. The van der Waals surface area contributed by atoms with Gasteiger partial charge in [0.1, 0.15) is 0 Å². The molecule has 72 valence electrons. The molecular formula is C7H5Cl4NO. The first-order valence-corrected chi connectivity index (χ1v) is 4.10. The van der Waals surface area contributed by atoms with Crippen molar-refractivity contribution in [3.8, 4) is 0 Å². The molecule has 0 aliphatic rings. The van der Waals surface area contributed by atoms with Gasteiger partial charge in [0.25, 0.3) is 5.91 Å². The lowest BCUT2D eigenvalue weighted by Gasteiger charge is -2.02.